The van der Waals surface area contributed by atoms with E-state index in [1.165, 1.54) is 0 Å². The van der Waals surface area contributed by atoms with Gasteiger partial charge in [-0.2, -0.15) is 0 Å². The molecule has 3 rings (SSSR count). The van der Waals surface area contributed by atoms with Gasteiger partial charge >= 0.3 is 5.97 Å². The van der Waals surface area contributed by atoms with Crippen molar-refractivity contribution < 1.29 is 15.0 Å². The highest BCUT2D eigenvalue weighted by Crippen LogP contribution is 2.39. The third-order valence-electron chi connectivity index (χ3n) is 3.49. The Labute approximate surface area is 109 Å². The van der Waals surface area contributed by atoms with E-state index in [0.29, 0.717) is 5.82 Å². The van der Waals surface area contributed by atoms with Crippen molar-refractivity contribution in [1.82, 2.24) is 4.98 Å². The molecule has 0 saturated heterocycles. The van der Waals surface area contributed by atoms with E-state index in [-0.39, 0.29) is 17.7 Å². The average Bonchev–Trinajstić information content (AvgIpc) is 3.18. The monoisotopic (exact) mass is 258 g/mol. The van der Waals surface area contributed by atoms with Crippen LogP contribution >= 0.6 is 0 Å². The van der Waals surface area contributed by atoms with E-state index in [4.69, 9.17) is 0 Å². The maximum atomic E-state index is 11.3. The Hall–Kier alpha value is -2.14. The molecule has 0 spiro atoms. The maximum absolute atomic E-state index is 11.3. The van der Waals surface area contributed by atoms with E-state index >= 15 is 0 Å². The highest BCUT2D eigenvalue weighted by molar-refractivity contribution is 5.98. The van der Waals surface area contributed by atoms with Crippen LogP contribution in [-0.2, 0) is 0 Å². The molecule has 0 amide bonds. The molecule has 1 saturated carbocycles. The largest absolute Gasteiger partial charge is 0.478 e. The lowest BCUT2D eigenvalue weighted by molar-refractivity contribution is 0.0697. The zero-order valence-corrected chi connectivity index (χ0v) is 10.3. The molecule has 0 bridgehead atoms. The summed E-state index contributed by atoms with van der Waals surface area (Å²) in [5, 5.41) is 22.5. The highest BCUT2D eigenvalue weighted by Gasteiger charge is 2.43. The Morgan fingerprint density at radius 1 is 1.37 bits per heavy atom. The van der Waals surface area contributed by atoms with E-state index in [2.05, 4.69) is 10.3 Å². The van der Waals surface area contributed by atoms with Crippen LogP contribution in [0.5, 0.6) is 0 Å². The van der Waals surface area contributed by atoms with Gasteiger partial charge in [0.15, 0.2) is 0 Å². The number of nitrogens with one attached hydrogen (secondary N) is 1. The Bertz CT molecular complexity index is 650. The number of aromatic nitrogens is 1. The highest BCUT2D eigenvalue weighted by atomic mass is 16.4. The van der Waals surface area contributed by atoms with Crippen LogP contribution in [0.25, 0.3) is 10.9 Å². The number of hydrogen-bond acceptors (Lipinski definition) is 4. The standard InChI is InChI=1S/C14H14N2O3/c17-8-14(5-6-14)16-12-10(13(18)19)7-9-3-1-2-4-11(9)15-12/h1-4,7,17H,5-6,8H2,(H,15,16)(H,18,19). The molecule has 1 fully saturated rings. The van der Waals surface area contributed by atoms with Gasteiger partial charge in [-0.15, -0.1) is 0 Å². The minimum absolute atomic E-state index is 0.0133. The number of nitrogens with zero attached hydrogens (tertiary/aromatic N) is 1. The molecule has 0 unspecified atom stereocenters. The van der Waals surface area contributed by atoms with Crippen LogP contribution < -0.4 is 5.32 Å². The molecule has 1 aromatic heterocycles. The summed E-state index contributed by atoms with van der Waals surface area (Å²) < 4.78 is 0. The number of hydrogen-bond donors (Lipinski definition) is 3. The van der Waals surface area contributed by atoms with Crippen molar-refractivity contribution in [2.24, 2.45) is 0 Å². The van der Waals surface area contributed by atoms with Gasteiger partial charge in [-0.05, 0) is 25.0 Å². The number of benzene rings is 1. The first-order chi connectivity index (χ1) is 9.13. The molecule has 3 N–H and O–H groups in total. The normalized spacial score (nSPS) is 16.3. The number of carboxylic acids is 1. The molecule has 5 heteroatoms. The fourth-order valence-electron chi connectivity index (χ4n) is 2.10. The first-order valence-corrected chi connectivity index (χ1v) is 6.16. The molecule has 1 aliphatic carbocycles. The summed E-state index contributed by atoms with van der Waals surface area (Å²) in [6, 6.07) is 8.99. The number of aliphatic hydroxyl groups is 1. The lowest BCUT2D eigenvalue weighted by atomic mass is 10.1. The van der Waals surface area contributed by atoms with Crippen molar-refractivity contribution in [3.8, 4) is 0 Å². The average molecular weight is 258 g/mol. The van der Waals surface area contributed by atoms with Gasteiger partial charge in [-0.25, -0.2) is 9.78 Å². The molecule has 1 aliphatic rings. The Morgan fingerprint density at radius 2 is 2.11 bits per heavy atom. The minimum Gasteiger partial charge on any atom is -0.478 e. The van der Waals surface area contributed by atoms with E-state index in [9.17, 15) is 15.0 Å². The number of rotatable bonds is 4. The van der Waals surface area contributed by atoms with Crippen molar-refractivity contribution >= 4 is 22.7 Å². The topological polar surface area (TPSA) is 82.5 Å². The second-order valence-corrected chi connectivity index (χ2v) is 4.95. The molecule has 19 heavy (non-hydrogen) atoms. The lowest BCUT2D eigenvalue weighted by Crippen LogP contribution is -2.27. The number of anilines is 1. The van der Waals surface area contributed by atoms with Gasteiger partial charge in [0.1, 0.15) is 11.4 Å². The van der Waals surface area contributed by atoms with Crippen LogP contribution in [0.1, 0.15) is 23.2 Å². The van der Waals surface area contributed by atoms with Crippen LogP contribution in [0.3, 0.4) is 0 Å². The summed E-state index contributed by atoms with van der Waals surface area (Å²) in [6.07, 6.45) is 1.66. The summed E-state index contributed by atoms with van der Waals surface area (Å²) in [4.78, 5) is 15.7. The first kappa shape index (κ1) is 11.9. The summed E-state index contributed by atoms with van der Waals surface area (Å²) in [5.41, 5.74) is 0.488. The van der Waals surface area contributed by atoms with Crippen molar-refractivity contribution in [2.75, 3.05) is 11.9 Å². The number of para-hydroxylation sites is 1. The summed E-state index contributed by atoms with van der Waals surface area (Å²) in [7, 11) is 0. The molecule has 1 heterocycles. The molecule has 0 radical (unpaired) electrons. The lowest BCUT2D eigenvalue weighted by Gasteiger charge is -2.17. The number of carbonyl (C=O) groups is 1. The second-order valence-electron chi connectivity index (χ2n) is 4.95. The third-order valence-corrected chi connectivity index (χ3v) is 3.49. The van der Waals surface area contributed by atoms with Crippen LogP contribution in [0, 0.1) is 0 Å². The summed E-state index contributed by atoms with van der Waals surface area (Å²) >= 11 is 0. The predicted molar refractivity (Wildman–Crippen MR) is 71.4 cm³/mol. The number of aliphatic hydroxyl groups excluding tert-OH is 1. The molecule has 2 aromatic rings. The van der Waals surface area contributed by atoms with Gasteiger partial charge < -0.3 is 15.5 Å². The van der Waals surface area contributed by atoms with Crippen molar-refractivity contribution in [3.05, 3.63) is 35.9 Å². The number of aromatic carboxylic acids is 1. The molecule has 0 atom stereocenters. The summed E-state index contributed by atoms with van der Waals surface area (Å²) in [6.45, 7) is -0.0133. The second kappa shape index (κ2) is 4.20. The van der Waals surface area contributed by atoms with Crippen LogP contribution in [0.4, 0.5) is 5.82 Å². The van der Waals surface area contributed by atoms with Gasteiger partial charge in [0, 0.05) is 5.39 Å². The third kappa shape index (κ3) is 2.13. The van der Waals surface area contributed by atoms with E-state index in [1.54, 1.807) is 6.07 Å². The van der Waals surface area contributed by atoms with Crippen LogP contribution in [0.15, 0.2) is 30.3 Å². The zero-order chi connectivity index (χ0) is 13.5. The summed E-state index contributed by atoms with van der Waals surface area (Å²) in [5.74, 6) is -0.688. The number of carboxylic acid groups (broad SMARTS) is 1. The van der Waals surface area contributed by atoms with E-state index in [1.807, 2.05) is 24.3 Å². The van der Waals surface area contributed by atoms with Crippen molar-refractivity contribution in [1.29, 1.82) is 0 Å². The van der Waals surface area contributed by atoms with Gasteiger partial charge in [-0.3, -0.25) is 0 Å². The SMILES string of the molecule is O=C(O)c1cc2ccccc2nc1NC1(CO)CC1. The fraction of sp³-hybridized carbons (Fsp3) is 0.286. The van der Waals surface area contributed by atoms with Crippen molar-refractivity contribution in [3.63, 3.8) is 0 Å². The molecular formula is C14H14N2O3. The molecule has 5 nitrogen and oxygen atoms in total. The maximum Gasteiger partial charge on any atom is 0.339 e. The van der Waals surface area contributed by atoms with Gasteiger partial charge in [0.2, 0.25) is 0 Å². The van der Waals surface area contributed by atoms with Gasteiger partial charge in [0.05, 0.1) is 17.7 Å². The number of pyridine rings is 1. The van der Waals surface area contributed by atoms with Crippen LogP contribution in [0.2, 0.25) is 0 Å². The minimum atomic E-state index is -1.02. The Balaban J connectivity index is 2.10. The quantitative estimate of drug-likeness (QED) is 0.779. The fourth-order valence-corrected chi connectivity index (χ4v) is 2.10. The van der Waals surface area contributed by atoms with Crippen LogP contribution in [-0.4, -0.2) is 33.3 Å². The van der Waals surface area contributed by atoms with Gasteiger partial charge in [-0.1, -0.05) is 18.2 Å². The predicted octanol–water partition coefficient (Wildman–Crippen LogP) is 1.87. The molecule has 0 aliphatic heterocycles. The molecule has 98 valence electrons. The first-order valence-electron chi connectivity index (χ1n) is 6.16. The van der Waals surface area contributed by atoms with Gasteiger partial charge in [0.25, 0.3) is 0 Å². The molecule has 1 aromatic carbocycles. The van der Waals surface area contributed by atoms with E-state index < -0.39 is 5.97 Å². The van der Waals surface area contributed by atoms with E-state index in [0.717, 1.165) is 23.7 Å². The smallest absolute Gasteiger partial charge is 0.339 e. The molecular weight excluding hydrogens is 244 g/mol. The Kier molecular flexibility index (Phi) is 2.64. The zero-order valence-electron chi connectivity index (χ0n) is 10.3. The van der Waals surface area contributed by atoms with Crippen molar-refractivity contribution in [2.45, 2.75) is 18.4 Å². The number of fused-ring (bicyclic) bond motifs is 1. The Morgan fingerprint density at radius 3 is 2.74 bits per heavy atom.